The first-order valence-electron chi connectivity index (χ1n) is 7.27. The summed E-state index contributed by atoms with van der Waals surface area (Å²) in [7, 11) is 0. The van der Waals surface area contributed by atoms with Crippen LogP contribution >= 0.6 is 11.8 Å². The van der Waals surface area contributed by atoms with Crippen LogP contribution in [-0.4, -0.2) is 33.8 Å². The minimum atomic E-state index is -0.249. The van der Waals surface area contributed by atoms with E-state index in [0.717, 1.165) is 11.8 Å². The quantitative estimate of drug-likeness (QED) is 0.686. The molecular formula is C15H12N4O5S. The molecule has 10 heteroatoms. The van der Waals surface area contributed by atoms with Crippen molar-refractivity contribution in [3.63, 3.8) is 0 Å². The number of aryl methyl sites for hydroxylation is 1. The van der Waals surface area contributed by atoms with Gasteiger partial charge in [-0.25, -0.2) is 0 Å². The van der Waals surface area contributed by atoms with Crippen molar-refractivity contribution in [3.05, 3.63) is 30.0 Å². The minimum Gasteiger partial charge on any atom is -0.454 e. The van der Waals surface area contributed by atoms with Crippen LogP contribution < -0.4 is 14.8 Å². The maximum Gasteiger partial charge on any atom is 0.277 e. The Morgan fingerprint density at radius 3 is 2.96 bits per heavy atom. The topological polar surface area (TPSA) is 113 Å². The number of fused-ring (bicyclic) bond motifs is 1. The Labute approximate surface area is 145 Å². The summed E-state index contributed by atoms with van der Waals surface area (Å²) in [6.45, 7) is 1.94. The molecule has 1 aromatic carbocycles. The van der Waals surface area contributed by atoms with E-state index in [-0.39, 0.29) is 18.5 Å². The molecule has 128 valence electrons. The van der Waals surface area contributed by atoms with Crippen LogP contribution in [0.1, 0.15) is 5.76 Å². The molecule has 3 aromatic rings. The van der Waals surface area contributed by atoms with Gasteiger partial charge in [0.2, 0.25) is 18.6 Å². The molecular weight excluding hydrogens is 348 g/mol. The summed E-state index contributed by atoms with van der Waals surface area (Å²) < 4.78 is 21.0. The third kappa shape index (κ3) is 3.43. The van der Waals surface area contributed by atoms with Gasteiger partial charge in [0, 0.05) is 11.6 Å². The molecule has 3 heterocycles. The van der Waals surface area contributed by atoms with Crippen LogP contribution in [0.3, 0.4) is 0 Å². The standard InChI is InChI=1S/C15H12N4O5S/c1-8-4-12(19-24-8)16-13(20)6-25-15-18-17-14(23-15)9-2-3-10-11(5-9)22-7-21-10/h2-5H,6-7H2,1H3,(H,16,19,20). The summed E-state index contributed by atoms with van der Waals surface area (Å²) in [5, 5.41) is 14.5. The molecule has 0 bridgehead atoms. The fourth-order valence-corrected chi connectivity index (χ4v) is 2.71. The maximum atomic E-state index is 11.9. The van der Waals surface area contributed by atoms with Crippen molar-refractivity contribution < 1.29 is 23.2 Å². The van der Waals surface area contributed by atoms with Crippen molar-refractivity contribution in [1.82, 2.24) is 15.4 Å². The number of aromatic nitrogens is 3. The zero-order valence-corrected chi connectivity index (χ0v) is 13.8. The lowest BCUT2D eigenvalue weighted by molar-refractivity contribution is -0.113. The predicted molar refractivity (Wildman–Crippen MR) is 86.5 cm³/mol. The van der Waals surface area contributed by atoms with E-state index in [9.17, 15) is 4.79 Å². The second-order valence-electron chi connectivity index (χ2n) is 5.10. The van der Waals surface area contributed by atoms with Gasteiger partial charge in [0.1, 0.15) is 5.76 Å². The van der Waals surface area contributed by atoms with Gasteiger partial charge in [0.05, 0.1) is 5.75 Å². The molecule has 1 aliphatic heterocycles. The first-order chi connectivity index (χ1) is 12.2. The third-order valence-electron chi connectivity index (χ3n) is 3.25. The SMILES string of the molecule is Cc1cc(NC(=O)CSc2nnc(-c3ccc4c(c3)OCO4)o2)no1. The molecule has 0 atom stereocenters. The van der Waals surface area contributed by atoms with Crippen LogP contribution in [0.25, 0.3) is 11.5 Å². The fraction of sp³-hybridized carbons (Fsp3) is 0.200. The molecule has 25 heavy (non-hydrogen) atoms. The highest BCUT2D eigenvalue weighted by Gasteiger charge is 2.17. The van der Waals surface area contributed by atoms with Gasteiger partial charge in [-0.1, -0.05) is 16.9 Å². The molecule has 0 saturated heterocycles. The maximum absolute atomic E-state index is 11.9. The Kier molecular flexibility index (Phi) is 4.02. The molecule has 0 saturated carbocycles. The first kappa shape index (κ1) is 15.5. The van der Waals surface area contributed by atoms with Crippen molar-refractivity contribution in [2.75, 3.05) is 17.9 Å². The van der Waals surface area contributed by atoms with E-state index in [1.54, 1.807) is 31.2 Å². The van der Waals surface area contributed by atoms with Gasteiger partial charge in [-0.15, -0.1) is 10.2 Å². The Hall–Kier alpha value is -3.01. The van der Waals surface area contributed by atoms with Crippen LogP contribution in [-0.2, 0) is 4.79 Å². The Morgan fingerprint density at radius 1 is 1.24 bits per heavy atom. The number of nitrogens with one attached hydrogen (secondary N) is 1. The van der Waals surface area contributed by atoms with Crippen LogP contribution in [0.4, 0.5) is 5.82 Å². The van der Waals surface area contributed by atoms with Crippen LogP contribution in [0.2, 0.25) is 0 Å². The van der Waals surface area contributed by atoms with Crippen molar-refractivity contribution >= 4 is 23.5 Å². The number of hydrogen-bond donors (Lipinski definition) is 1. The lowest BCUT2D eigenvalue weighted by Crippen LogP contribution is -2.14. The number of thioether (sulfide) groups is 1. The molecule has 0 fully saturated rings. The van der Waals surface area contributed by atoms with Gasteiger partial charge >= 0.3 is 0 Å². The van der Waals surface area contributed by atoms with E-state index < -0.39 is 0 Å². The van der Waals surface area contributed by atoms with E-state index in [1.165, 1.54) is 0 Å². The van der Waals surface area contributed by atoms with Gasteiger partial charge in [-0.2, -0.15) is 0 Å². The molecule has 4 rings (SSSR count). The second kappa shape index (κ2) is 6.48. The van der Waals surface area contributed by atoms with Crippen LogP contribution in [0, 0.1) is 6.92 Å². The van der Waals surface area contributed by atoms with Crippen molar-refractivity contribution in [3.8, 4) is 23.0 Å². The van der Waals surface area contributed by atoms with Gasteiger partial charge < -0.3 is 23.7 Å². The molecule has 1 N–H and O–H groups in total. The smallest absolute Gasteiger partial charge is 0.277 e. The zero-order chi connectivity index (χ0) is 17.2. The van der Waals surface area contributed by atoms with Gasteiger partial charge in [-0.3, -0.25) is 4.79 Å². The number of carbonyl (C=O) groups is 1. The van der Waals surface area contributed by atoms with Crippen LogP contribution in [0.15, 0.2) is 38.4 Å². The number of nitrogens with zero attached hydrogens (tertiary/aromatic N) is 3. The molecule has 9 nitrogen and oxygen atoms in total. The van der Waals surface area contributed by atoms with E-state index >= 15 is 0 Å². The highest BCUT2D eigenvalue weighted by molar-refractivity contribution is 7.99. The number of anilines is 1. The second-order valence-corrected chi connectivity index (χ2v) is 6.03. The van der Waals surface area contributed by atoms with E-state index in [0.29, 0.717) is 39.8 Å². The molecule has 0 radical (unpaired) electrons. The predicted octanol–water partition coefficient (Wildman–Crippen LogP) is 2.49. The van der Waals surface area contributed by atoms with Crippen molar-refractivity contribution in [1.29, 1.82) is 0 Å². The van der Waals surface area contributed by atoms with Crippen LogP contribution in [0.5, 0.6) is 11.5 Å². The van der Waals surface area contributed by atoms with E-state index in [4.69, 9.17) is 18.4 Å². The highest BCUT2D eigenvalue weighted by atomic mass is 32.2. The normalized spacial score (nSPS) is 12.4. The zero-order valence-electron chi connectivity index (χ0n) is 13.0. The summed E-state index contributed by atoms with van der Waals surface area (Å²) in [6, 6.07) is 6.98. The Morgan fingerprint density at radius 2 is 2.12 bits per heavy atom. The summed E-state index contributed by atoms with van der Waals surface area (Å²) in [5.41, 5.74) is 0.714. The summed E-state index contributed by atoms with van der Waals surface area (Å²) >= 11 is 1.13. The van der Waals surface area contributed by atoms with Gasteiger partial charge in [0.15, 0.2) is 17.3 Å². The minimum absolute atomic E-state index is 0.106. The van der Waals surface area contributed by atoms with E-state index in [2.05, 4.69) is 20.7 Å². The monoisotopic (exact) mass is 360 g/mol. The number of rotatable bonds is 5. The Balaban J connectivity index is 1.37. The lowest BCUT2D eigenvalue weighted by Gasteiger charge is -1.99. The molecule has 1 aliphatic rings. The average Bonchev–Trinajstić information content (AvgIpc) is 3.32. The summed E-state index contributed by atoms with van der Waals surface area (Å²) in [4.78, 5) is 11.9. The average molecular weight is 360 g/mol. The molecule has 2 aromatic heterocycles. The van der Waals surface area contributed by atoms with Crippen molar-refractivity contribution in [2.45, 2.75) is 12.1 Å². The first-order valence-corrected chi connectivity index (χ1v) is 8.25. The third-order valence-corrected chi connectivity index (χ3v) is 4.07. The number of amides is 1. The fourth-order valence-electron chi connectivity index (χ4n) is 2.15. The number of ether oxygens (including phenoxy) is 2. The largest absolute Gasteiger partial charge is 0.454 e. The molecule has 0 spiro atoms. The molecule has 0 aliphatic carbocycles. The van der Waals surface area contributed by atoms with Crippen molar-refractivity contribution in [2.24, 2.45) is 0 Å². The van der Waals surface area contributed by atoms with Gasteiger partial charge in [0.25, 0.3) is 5.22 Å². The Bertz CT molecular complexity index is 922. The van der Waals surface area contributed by atoms with Gasteiger partial charge in [-0.05, 0) is 25.1 Å². The highest BCUT2D eigenvalue weighted by Crippen LogP contribution is 2.35. The number of carbonyl (C=O) groups excluding carboxylic acids is 1. The molecule has 1 amide bonds. The summed E-state index contributed by atoms with van der Waals surface area (Å²) in [6.07, 6.45) is 0. The lowest BCUT2D eigenvalue weighted by atomic mass is 10.2. The van der Waals surface area contributed by atoms with E-state index in [1.807, 2.05) is 0 Å². The number of benzene rings is 1. The number of hydrogen-bond acceptors (Lipinski definition) is 9. The molecule has 0 unspecified atom stereocenters. The summed E-state index contributed by atoms with van der Waals surface area (Å²) in [5.74, 6) is 2.50.